The van der Waals surface area contributed by atoms with E-state index in [1.165, 1.54) is 5.56 Å². The molecule has 1 aliphatic rings. The van der Waals surface area contributed by atoms with E-state index in [2.05, 4.69) is 42.3 Å². The number of aryl methyl sites for hydroxylation is 1. The van der Waals surface area contributed by atoms with Gasteiger partial charge in [-0.15, -0.1) is 5.11 Å². The fourth-order valence-electron chi connectivity index (χ4n) is 3.34. The predicted molar refractivity (Wildman–Crippen MR) is 114 cm³/mol. The SMILES string of the molecule is Cc1cc(Cl)ccc1N=Nc1c(O)n(C2CSC2)c2ccc(C(C)C)cc12. The Morgan fingerprint density at radius 1 is 1.15 bits per heavy atom. The van der Waals surface area contributed by atoms with Crippen LogP contribution in [0, 0.1) is 6.92 Å². The van der Waals surface area contributed by atoms with Gasteiger partial charge in [0.15, 0.2) is 5.69 Å². The number of fused-ring (bicyclic) bond motifs is 1. The minimum Gasteiger partial charge on any atom is -0.493 e. The summed E-state index contributed by atoms with van der Waals surface area (Å²) in [6.07, 6.45) is 0. The Kier molecular flexibility index (Phi) is 4.91. The lowest BCUT2D eigenvalue weighted by Crippen LogP contribution is -2.22. The van der Waals surface area contributed by atoms with E-state index in [0.717, 1.165) is 33.7 Å². The van der Waals surface area contributed by atoms with Crippen molar-refractivity contribution < 1.29 is 5.11 Å². The molecule has 4 nitrogen and oxygen atoms in total. The van der Waals surface area contributed by atoms with Crippen LogP contribution < -0.4 is 0 Å². The Bertz CT molecular complexity index is 1040. The minimum atomic E-state index is 0.201. The maximum absolute atomic E-state index is 10.9. The standard InChI is InChI=1S/C21H22ClN3OS/c1-12(2)14-4-7-19-17(9-14)20(21(26)25(19)16-10-27-11-16)24-23-18-6-5-15(22)8-13(18)3/h4-9,12,16,26H,10-11H2,1-3H3. The van der Waals surface area contributed by atoms with Crippen molar-refractivity contribution in [2.45, 2.75) is 32.7 Å². The van der Waals surface area contributed by atoms with Crippen molar-refractivity contribution in [3.05, 3.63) is 52.5 Å². The molecule has 0 atom stereocenters. The lowest BCUT2D eigenvalue weighted by molar-refractivity contribution is 0.406. The molecular weight excluding hydrogens is 378 g/mol. The van der Waals surface area contributed by atoms with Gasteiger partial charge >= 0.3 is 0 Å². The van der Waals surface area contributed by atoms with Crippen LogP contribution in [0.5, 0.6) is 5.88 Å². The van der Waals surface area contributed by atoms with Crippen LogP contribution in [-0.2, 0) is 0 Å². The normalized spacial score (nSPS) is 15.1. The maximum Gasteiger partial charge on any atom is 0.221 e. The van der Waals surface area contributed by atoms with Gasteiger partial charge in [0, 0.05) is 21.9 Å². The zero-order chi connectivity index (χ0) is 19.1. The van der Waals surface area contributed by atoms with Crippen molar-refractivity contribution in [2.24, 2.45) is 10.2 Å². The van der Waals surface area contributed by atoms with Crippen LogP contribution >= 0.6 is 23.4 Å². The van der Waals surface area contributed by atoms with E-state index < -0.39 is 0 Å². The van der Waals surface area contributed by atoms with E-state index in [1.54, 1.807) is 6.07 Å². The number of halogens is 1. The number of aromatic hydroxyl groups is 1. The van der Waals surface area contributed by atoms with Crippen molar-refractivity contribution in [1.29, 1.82) is 0 Å². The van der Waals surface area contributed by atoms with Gasteiger partial charge in [-0.3, -0.25) is 0 Å². The molecule has 0 bridgehead atoms. The number of hydrogen-bond donors (Lipinski definition) is 1. The summed E-state index contributed by atoms with van der Waals surface area (Å²) in [7, 11) is 0. The van der Waals surface area contributed by atoms with E-state index in [-0.39, 0.29) is 5.88 Å². The molecule has 0 saturated carbocycles. The van der Waals surface area contributed by atoms with Gasteiger partial charge in [0.05, 0.1) is 17.2 Å². The second kappa shape index (κ2) is 7.21. The Balaban J connectivity index is 1.86. The molecule has 27 heavy (non-hydrogen) atoms. The quantitative estimate of drug-likeness (QED) is 0.474. The summed E-state index contributed by atoms with van der Waals surface area (Å²) >= 11 is 7.92. The third kappa shape index (κ3) is 3.34. The first-order valence-electron chi connectivity index (χ1n) is 9.08. The third-order valence-corrected chi connectivity index (χ3v) is 6.52. The zero-order valence-electron chi connectivity index (χ0n) is 15.6. The van der Waals surface area contributed by atoms with Crippen LogP contribution in [0.25, 0.3) is 10.9 Å². The Morgan fingerprint density at radius 3 is 2.56 bits per heavy atom. The second-order valence-electron chi connectivity index (χ2n) is 7.30. The molecule has 0 radical (unpaired) electrons. The van der Waals surface area contributed by atoms with Gasteiger partial charge in [0.2, 0.25) is 5.88 Å². The number of aromatic nitrogens is 1. The molecule has 0 aliphatic carbocycles. The van der Waals surface area contributed by atoms with E-state index >= 15 is 0 Å². The zero-order valence-corrected chi connectivity index (χ0v) is 17.2. The largest absolute Gasteiger partial charge is 0.493 e. The van der Waals surface area contributed by atoms with Crippen LogP contribution in [-0.4, -0.2) is 21.2 Å². The van der Waals surface area contributed by atoms with Gasteiger partial charge in [-0.2, -0.15) is 16.9 Å². The monoisotopic (exact) mass is 399 g/mol. The predicted octanol–water partition coefficient (Wildman–Crippen LogP) is 7.14. The topological polar surface area (TPSA) is 49.9 Å². The van der Waals surface area contributed by atoms with Crippen LogP contribution in [0.1, 0.15) is 36.9 Å². The molecule has 0 amide bonds. The number of nitrogens with zero attached hydrogens (tertiary/aromatic N) is 3. The minimum absolute atomic E-state index is 0.201. The summed E-state index contributed by atoms with van der Waals surface area (Å²) in [6.45, 7) is 6.28. The molecule has 0 spiro atoms. The summed E-state index contributed by atoms with van der Waals surface area (Å²) in [5.74, 6) is 2.63. The first-order valence-corrected chi connectivity index (χ1v) is 10.6. The van der Waals surface area contributed by atoms with E-state index in [0.29, 0.717) is 22.7 Å². The lowest BCUT2D eigenvalue weighted by atomic mass is 10.0. The summed E-state index contributed by atoms with van der Waals surface area (Å²) in [4.78, 5) is 0. The molecule has 1 aliphatic heterocycles. The molecule has 0 unspecified atom stereocenters. The Morgan fingerprint density at radius 2 is 1.93 bits per heavy atom. The molecule has 2 aromatic carbocycles. The van der Waals surface area contributed by atoms with Gasteiger partial charge in [0.1, 0.15) is 0 Å². The van der Waals surface area contributed by atoms with Crippen LogP contribution in [0.15, 0.2) is 46.6 Å². The molecule has 3 aromatic rings. The van der Waals surface area contributed by atoms with Crippen LogP contribution in [0.4, 0.5) is 11.4 Å². The molecule has 1 fully saturated rings. The number of benzene rings is 2. The number of rotatable bonds is 4. The summed E-state index contributed by atoms with van der Waals surface area (Å²) in [6, 6.07) is 12.2. The number of thioether (sulfide) groups is 1. The van der Waals surface area contributed by atoms with Gasteiger partial charge in [-0.05, 0) is 54.3 Å². The highest BCUT2D eigenvalue weighted by molar-refractivity contribution is 8.00. The Labute approximate surface area is 168 Å². The average molecular weight is 400 g/mol. The molecule has 1 saturated heterocycles. The fraction of sp³-hybridized carbons (Fsp3) is 0.333. The first-order chi connectivity index (χ1) is 13.0. The molecule has 2 heterocycles. The Hall–Kier alpha value is -1.98. The summed E-state index contributed by atoms with van der Waals surface area (Å²) < 4.78 is 2.01. The molecular formula is C21H22ClN3OS. The van der Waals surface area contributed by atoms with E-state index in [9.17, 15) is 5.11 Å². The van der Waals surface area contributed by atoms with Gasteiger partial charge in [-0.25, -0.2) is 0 Å². The fourth-order valence-corrected chi connectivity index (χ4v) is 4.31. The van der Waals surface area contributed by atoms with Crippen LogP contribution in [0.2, 0.25) is 5.02 Å². The average Bonchev–Trinajstić information content (AvgIpc) is 2.84. The van der Waals surface area contributed by atoms with Crippen LogP contribution in [0.3, 0.4) is 0 Å². The van der Waals surface area contributed by atoms with Gasteiger partial charge < -0.3 is 9.67 Å². The van der Waals surface area contributed by atoms with Crippen molar-refractivity contribution in [3.8, 4) is 5.88 Å². The lowest BCUT2D eigenvalue weighted by Gasteiger charge is -2.27. The van der Waals surface area contributed by atoms with Crippen molar-refractivity contribution in [1.82, 2.24) is 4.57 Å². The van der Waals surface area contributed by atoms with Crippen molar-refractivity contribution in [3.63, 3.8) is 0 Å². The summed E-state index contributed by atoms with van der Waals surface area (Å²) in [5.41, 5.74) is 4.48. The second-order valence-corrected chi connectivity index (χ2v) is 8.81. The van der Waals surface area contributed by atoms with Gasteiger partial charge in [0.25, 0.3) is 0 Å². The highest BCUT2D eigenvalue weighted by Crippen LogP contribution is 2.45. The smallest absolute Gasteiger partial charge is 0.221 e. The number of azo groups is 1. The molecule has 140 valence electrons. The van der Waals surface area contributed by atoms with Gasteiger partial charge in [-0.1, -0.05) is 31.5 Å². The molecule has 6 heteroatoms. The third-order valence-electron chi connectivity index (χ3n) is 5.04. The van der Waals surface area contributed by atoms with Crippen molar-refractivity contribution in [2.75, 3.05) is 11.5 Å². The summed E-state index contributed by atoms with van der Waals surface area (Å²) in [5, 5.41) is 21.4. The molecule has 1 aromatic heterocycles. The van der Waals surface area contributed by atoms with E-state index in [1.807, 2.05) is 35.4 Å². The first kappa shape index (κ1) is 18.4. The highest BCUT2D eigenvalue weighted by atomic mass is 35.5. The number of hydrogen-bond acceptors (Lipinski definition) is 4. The maximum atomic E-state index is 10.9. The molecule has 1 N–H and O–H groups in total. The van der Waals surface area contributed by atoms with E-state index in [4.69, 9.17) is 11.6 Å². The molecule has 4 rings (SSSR count). The van der Waals surface area contributed by atoms with Crippen molar-refractivity contribution >= 4 is 45.6 Å². The highest BCUT2D eigenvalue weighted by Gasteiger charge is 2.27.